The van der Waals surface area contributed by atoms with Gasteiger partial charge in [-0.25, -0.2) is 0 Å². The zero-order chi connectivity index (χ0) is 20.5. The van der Waals surface area contributed by atoms with Crippen LogP contribution in [0.2, 0.25) is 0 Å². The molecule has 0 aliphatic carbocycles. The number of rotatable bonds is 5. The fraction of sp³-hybridized carbons (Fsp3) is 0.217. The zero-order valence-electron chi connectivity index (χ0n) is 16.7. The third kappa shape index (κ3) is 3.54. The highest BCUT2D eigenvalue weighted by atomic mass is 16.3. The van der Waals surface area contributed by atoms with Gasteiger partial charge in [0.15, 0.2) is 11.2 Å². The Labute approximate surface area is 168 Å². The number of para-hydroxylation sites is 2. The van der Waals surface area contributed by atoms with Crippen LogP contribution < -0.4 is 10.7 Å². The van der Waals surface area contributed by atoms with Crippen LogP contribution in [-0.4, -0.2) is 36.0 Å². The smallest absolute Gasteiger partial charge is 0.287 e. The maximum atomic E-state index is 12.7. The maximum Gasteiger partial charge on any atom is 0.287 e. The average Bonchev–Trinajstić information content (AvgIpc) is 3.04. The Kier molecular flexibility index (Phi) is 4.94. The van der Waals surface area contributed by atoms with Crippen LogP contribution in [0.5, 0.6) is 0 Å². The van der Waals surface area contributed by atoms with Crippen molar-refractivity contribution in [2.75, 3.05) is 20.6 Å². The molecule has 1 atom stereocenters. The fourth-order valence-corrected chi connectivity index (χ4v) is 3.70. The summed E-state index contributed by atoms with van der Waals surface area (Å²) in [6, 6.07) is 16.3. The van der Waals surface area contributed by atoms with E-state index in [-0.39, 0.29) is 17.2 Å². The first-order valence-corrected chi connectivity index (χ1v) is 9.47. The van der Waals surface area contributed by atoms with Crippen molar-refractivity contribution in [1.29, 1.82) is 0 Å². The number of hydrogen-bond acceptors (Lipinski definition) is 4. The van der Waals surface area contributed by atoms with Gasteiger partial charge in [0.05, 0.1) is 11.4 Å². The molecule has 148 valence electrons. The van der Waals surface area contributed by atoms with E-state index in [1.807, 2.05) is 33.3 Å². The Bertz CT molecular complexity index is 1250. The topological polar surface area (TPSA) is 67.5 Å². The van der Waals surface area contributed by atoms with Gasteiger partial charge in [-0.05, 0) is 37.9 Å². The number of benzene rings is 2. The molecule has 1 amide bonds. The number of carbonyl (C=O) groups excluding carboxylic acids is 1. The van der Waals surface area contributed by atoms with Gasteiger partial charge in [0.2, 0.25) is 0 Å². The number of amides is 1. The molecule has 0 saturated heterocycles. The number of hydrogen-bond donors (Lipinski definition) is 1. The van der Waals surface area contributed by atoms with Gasteiger partial charge in [0.25, 0.3) is 5.91 Å². The number of nitrogens with zero attached hydrogens (tertiary/aromatic N) is 2. The first-order chi connectivity index (χ1) is 14.0. The van der Waals surface area contributed by atoms with Gasteiger partial charge in [-0.3, -0.25) is 9.59 Å². The Hall–Kier alpha value is -3.38. The Balaban J connectivity index is 1.60. The molecular formula is C23H23N3O3. The summed E-state index contributed by atoms with van der Waals surface area (Å²) in [5.74, 6) is -0.385. The monoisotopic (exact) mass is 389 g/mol. The van der Waals surface area contributed by atoms with Crippen LogP contribution in [0.3, 0.4) is 0 Å². The summed E-state index contributed by atoms with van der Waals surface area (Å²) in [5.41, 5.74) is 2.45. The summed E-state index contributed by atoms with van der Waals surface area (Å²) in [6.45, 7) is 0.385. The quantitative estimate of drug-likeness (QED) is 0.569. The Morgan fingerprint density at radius 2 is 1.79 bits per heavy atom. The molecule has 4 rings (SSSR count). The highest BCUT2D eigenvalue weighted by Gasteiger charge is 2.21. The number of aryl methyl sites for hydroxylation is 1. The molecule has 0 aliphatic rings. The predicted molar refractivity (Wildman–Crippen MR) is 114 cm³/mol. The Morgan fingerprint density at radius 1 is 1.10 bits per heavy atom. The first-order valence-electron chi connectivity index (χ1n) is 9.47. The van der Waals surface area contributed by atoms with E-state index >= 15 is 0 Å². The lowest BCUT2D eigenvalue weighted by molar-refractivity contribution is 0.0915. The van der Waals surface area contributed by atoms with Crippen molar-refractivity contribution in [3.05, 3.63) is 82.3 Å². The van der Waals surface area contributed by atoms with Crippen molar-refractivity contribution in [2.45, 2.75) is 6.04 Å². The second-order valence-electron chi connectivity index (χ2n) is 7.37. The molecular weight excluding hydrogens is 366 g/mol. The van der Waals surface area contributed by atoms with Gasteiger partial charge in [-0.1, -0.05) is 30.3 Å². The molecule has 0 bridgehead atoms. The van der Waals surface area contributed by atoms with Crippen molar-refractivity contribution in [3.63, 3.8) is 0 Å². The normalized spacial score (nSPS) is 12.6. The second-order valence-corrected chi connectivity index (χ2v) is 7.37. The summed E-state index contributed by atoms with van der Waals surface area (Å²) in [5, 5.41) is 4.54. The van der Waals surface area contributed by atoms with Crippen molar-refractivity contribution >= 4 is 27.8 Å². The molecule has 1 N–H and O–H groups in total. The van der Waals surface area contributed by atoms with Gasteiger partial charge in [-0.2, -0.15) is 0 Å². The van der Waals surface area contributed by atoms with E-state index in [9.17, 15) is 9.59 Å². The number of aromatic nitrogens is 1. The molecule has 6 heteroatoms. The zero-order valence-corrected chi connectivity index (χ0v) is 16.7. The Morgan fingerprint density at radius 3 is 2.55 bits per heavy atom. The minimum absolute atomic E-state index is 0.0177. The van der Waals surface area contributed by atoms with Gasteiger partial charge in [0, 0.05) is 36.8 Å². The lowest BCUT2D eigenvalue weighted by atomic mass is 10.0. The van der Waals surface area contributed by atoms with Gasteiger partial charge in [0.1, 0.15) is 5.58 Å². The molecule has 0 radical (unpaired) electrons. The molecule has 0 saturated carbocycles. The number of fused-ring (bicyclic) bond motifs is 2. The standard InChI is InChI=1S/C23H23N3O3/c1-25(2)19(17-14-26(3)18-10-6-4-8-15(17)18)13-24-23(28)22-12-20(27)16-9-5-7-11-21(16)29-22/h4-12,14,19H,13H2,1-3H3,(H,24,28). The van der Waals surface area contributed by atoms with Crippen molar-refractivity contribution < 1.29 is 9.21 Å². The highest BCUT2D eigenvalue weighted by Crippen LogP contribution is 2.28. The largest absolute Gasteiger partial charge is 0.451 e. The molecule has 6 nitrogen and oxygen atoms in total. The highest BCUT2D eigenvalue weighted by molar-refractivity contribution is 5.93. The average molecular weight is 389 g/mol. The molecule has 2 heterocycles. The van der Waals surface area contributed by atoms with Crippen LogP contribution in [-0.2, 0) is 7.05 Å². The third-order valence-electron chi connectivity index (χ3n) is 5.22. The lowest BCUT2D eigenvalue weighted by Crippen LogP contribution is -2.34. The minimum Gasteiger partial charge on any atom is -0.451 e. The van der Waals surface area contributed by atoms with E-state index < -0.39 is 5.91 Å². The van der Waals surface area contributed by atoms with Crippen molar-refractivity contribution in [3.8, 4) is 0 Å². The summed E-state index contributed by atoms with van der Waals surface area (Å²) in [4.78, 5) is 27.0. The number of nitrogens with one attached hydrogen (secondary N) is 1. The van der Waals surface area contributed by atoms with Crippen LogP contribution >= 0.6 is 0 Å². The molecule has 1 unspecified atom stereocenters. The summed E-state index contributed by atoms with van der Waals surface area (Å²) < 4.78 is 7.74. The summed E-state index contributed by atoms with van der Waals surface area (Å²) in [7, 11) is 5.98. The van der Waals surface area contributed by atoms with Crippen LogP contribution in [0.4, 0.5) is 0 Å². The van der Waals surface area contributed by atoms with E-state index in [4.69, 9.17) is 4.42 Å². The second kappa shape index (κ2) is 7.56. The van der Waals surface area contributed by atoms with E-state index in [0.717, 1.165) is 16.5 Å². The third-order valence-corrected chi connectivity index (χ3v) is 5.22. The van der Waals surface area contributed by atoms with E-state index in [2.05, 4.69) is 33.1 Å². The molecule has 29 heavy (non-hydrogen) atoms. The van der Waals surface area contributed by atoms with E-state index in [1.165, 1.54) is 6.07 Å². The van der Waals surface area contributed by atoms with Crippen LogP contribution in [0.1, 0.15) is 22.2 Å². The molecule has 4 aromatic rings. The molecule has 2 aromatic carbocycles. The molecule has 0 fully saturated rings. The van der Waals surface area contributed by atoms with Crippen LogP contribution in [0.15, 0.2) is 70.0 Å². The molecule has 0 spiro atoms. The first kappa shape index (κ1) is 19.0. The molecule has 0 aliphatic heterocycles. The lowest BCUT2D eigenvalue weighted by Gasteiger charge is -2.24. The van der Waals surface area contributed by atoms with Crippen molar-refractivity contribution in [2.24, 2.45) is 7.05 Å². The fourth-order valence-electron chi connectivity index (χ4n) is 3.70. The van der Waals surface area contributed by atoms with Crippen LogP contribution in [0, 0.1) is 0 Å². The van der Waals surface area contributed by atoms with Crippen LogP contribution in [0.25, 0.3) is 21.9 Å². The maximum absolute atomic E-state index is 12.7. The summed E-state index contributed by atoms with van der Waals surface area (Å²) >= 11 is 0. The van der Waals surface area contributed by atoms with Gasteiger partial charge < -0.3 is 19.2 Å². The van der Waals surface area contributed by atoms with E-state index in [0.29, 0.717) is 17.5 Å². The van der Waals surface area contributed by atoms with Crippen molar-refractivity contribution in [1.82, 2.24) is 14.8 Å². The number of carbonyl (C=O) groups is 1. The predicted octanol–water partition coefficient (Wildman–Crippen LogP) is 3.32. The minimum atomic E-state index is -0.403. The number of likely N-dealkylation sites (N-methyl/N-ethyl adjacent to an activating group) is 1. The summed E-state index contributed by atoms with van der Waals surface area (Å²) in [6.07, 6.45) is 2.09. The van der Waals surface area contributed by atoms with Gasteiger partial charge in [-0.15, -0.1) is 0 Å². The van der Waals surface area contributed by atoms with E-state index in [1.54, 1.807) is 24.3 Å². The van der Waals surface area contributed by atoms with Gasteiger partial charge >= 0.3 is 0 Å². The molecule has 2 aromatic heterocycles. The SMILES string of the molecule is CN(C)C(CNC(=O)c1cc(=O)c2ccccc2o1)c1cn(C)c2ccccc12.